The molecule has 0 atom stereocenters. The Morgan fingerprint density at radius 2 is 1.87 bits per heavy atom. The molecule has 0 unspecified atom stereocenters. The van der Waals surface area contributed by atoms with Crippen LogP contribution in [0.5, 0.6) is 11.5 Å². The lowest BCUT2D eigenvalue weighted by atomic mass is 9.96. The number of amides is 1. The van der Waals surface area contributed by atoms with Crippen molar-refractivity contribution in [1.82, 2.24) is 15.3 Å². The molecule has 2 heterocycles. The maximum absolute atomic E-state index is 12.4. The summed E-state index contributed by atoms with van der Waals surface area (Å²) >= 11 is 0. The lowest BCUT2D eigenvalue weighted by Crippen LogP contribution is -2.32. The topological polar surface area (TPSA) is 76.6 Å². The molecule has 3 aromatic rings. The predicted molar refractivity (Wildman–Crippen MR) is 114 cm³/mol. The molecule has 1 aliphatic carbocycles. The van der Waals surface area contributed by atoms with Crippen molar-refractivity contribution in [2.75, 3.05) is 25.7 Å². The average Bonchev–Trinajstić information content (AvgIpc) is 3.60. The van der Waals surface area contributed by atoms with Crippen molar-refractivity contribution in [3.63, 3.8) is 0 Å². The number of ether oxygens (including phenoxy) is 2. The van der Waals surface area contributed by atoms with Gasteiger partial charge in [0.25, 0.3) is 5.91 Å². The Hall–Kier alpha value is -3.35. The Labute approximate surface area is 175 Å². The summed E-state index contributed by atoms with van der Waals surface area (Å²) in [5.74, 6) is 2.22. The lowest BCUT2D eigenvalue weighted by Gasteiger charge is -2.30. The quantitative estimate of drug-likeness (QED) is 0.704. The van der Waals surface area contributed by atoms with Gasteiger partial charge >= 0.3 is 0 Å². The highest BCUT2D eigenvalue weighted by Crippen LogP contribution is 2.36. The fraction of sp³-hybridized carbons (Fsp3) is 0.348. The van der Waals surface area contributed by atoms with Crippen molar-refractivity contribution < 1.29 is 14.3 Å². The number of fused-ring (bicyclic) bond motifs is 2. The molecular formula is C23H24N4O3. The monoisotopic (exact) mass is 404 g/mol. The number of benzene rings is 2. The van der Waals surface area contributed by atoms with Crippen LogP contribution in [0.1, 0.15) is 34.3 Å². The van der Waals surface area contributed by atoms with Crippen LogP contribution in [0, 0.1) is 0 Å². The van der Waals surface area contributed by atoms with Crippen LogP contribution in [0.15, 0.2) is 36.7 Å². The SMILES string of the molecule is COc1cc2ncnc(N3CCc4cc(C(=O)NC5CC5)ccc4C3)c2cc1OC. The van der Waals surface area contributed by atoms with E-state index in [9.17, 15) is 4.79 Å². The lowest BCUT2D eigenvalue weighted by molar-refractivity contribution is 0.0951. The van der Waals surface area contributed by atoms with E-state index in [1.165, 1.54) is 11.1 Å². The van der Waals surface area contributed by atoms with Gasteiger partial charge in [0.1, 0.15) is 12.1 Å². The van der Waals surface area contributed by atoms with E-state index in [1.807, 2.05) is 24.3 Å². The third-order valence-electron chi connectivity index (χ3n) is 5.81. The first kappa shape index (κ1) is 18.7. The fourth-order valence-corrected chi connectivity index (χ4v) is 3.99. The van der Waals surface area contributed by atoms with Crippen molar-refractivity contribution in [1.29, 1.82) is 0 Å². The summed E-state index contributed by atoms with van der Waals surface area (Å²) in [4.78, 5) is 23.6. The summed E-state index contributed by atoms with van der Waals surface area (Å²) in [6.07, 6.45) is 4.63. The molecule has 2 aliphatic rings. The zero-order valence-corrected chi connectivity index (χ0v) is 17.1. The summed E-state index contributed by atoms with van der Waals surface area (Å²) in [7, 11) is 3.24. The molecule has 5 rings (SSSR count). The smallest absolute Gasteiger partial charge is 0.251 e. The summed E-state index contributed by atoms with van der Waals surface area (Å²) in [5.41, 5.74) is 4.01. The van der Waals surface area contributed by atoms with Gasteiger partial charge in [0.2, 0.25) is 0 Å². The molecule has 1 N–H and O–H groups in total. The van der Waals surface area contributed by atoms with Gasteiger partial charge in [-0.1, -0.05) is 6.07 Å². The van der Waals surface area contributed by atoms with Gasteiger partial charge in [0, 0.05) is 36.1 Å². The van der Waals surface area contributed by atoms with Gasteiger partial charge in [-0.25, -0.2) is 9.97 Å². The second kappa shape index (κ2) is 7.48. The number of carbonyl (C=O) groups is 1. The predicted octanol–water partition coefficient (Wildman–Crippen LogP) is 3.10. The Morgan fingerprint density at radius 1 is 1.07 bits per heavy atom. The molecule has 1 aliphatic heterocycles. The van der Waals surface area contributed by atoms with Crippen LogP contribution in [-0.2, 0) is 13.0 Å². The van der Waals surface area contributed by atoms with E-state index in [2.05, 4.69) is 26.3 Å². The van der Waals surface area contributed by atoms with E-state index in [1.54, 1.807) is 20.5 Å². The Balaban J connectivity index is 1.44. The van der Waals surface area contributed by atoms with Crippen molar-refractivity contribution in [3.8, 4) is 11.5 Å². The Morgan fingerprint density at radius 3 is 2.63 bits per heavy atom. The third-order valence-corrected chi connectivity index (χ3v) is 5.81. The first-order valence-corrected chi connectivity index (χ1v) is 10.2. The molecule has 7 heteroatoms. The first-order chi connectivity index (χ1) is 14.7. The number of rotatable bonds is 5. The van der Waals surface area contributed by atoms with Crippen LogP contribution < -0.4 is 19.7 Å². The molecule has 0 spiro atoms. The largest absolute Gasteiger partial charge is 0.493 e. The minimum atomic E-state index is 0.0329. The van der Waals surface area contributed by atoms with E-state index in [4.69, 9.17) is 9.47 Å². The molecule has 30 heavy (non-hydrogen) atoms. The van der Waals surface area contributed by atoms with E-state index in [0.717, 1.165) is 54.6 Å². The van der Waals surface area contributed by atoms with Gasteiger partial charge in [-0.3, -0.25) is 4.79 Å². The summed E-state index contributed by atoms with van der Waals surface area (Å²) in [5, 5.41) is 3.99. The molecule has 154 valence electrons. The van der Waals surface area contributed by atoms with Gasteiger partial charge in [0.15, 0.2) is 11.5 Å². The van der Waals surface area contributed by atoms with Crippen molar-refractivity contribution in [3.05, 3.63) is 53.3 Å². The van der Waals surface area contributed by atoms with Crippen molar-refractivity contribution >= 4 is 22.6 Å². The molecule has 1 fully saturated rings. The molecule has 1 amide bonds. The second-order valence-corrected chi connectivity index (χ2v) is 7.82. The van der Waals surface area contributed by atoms with Crippen LogP contribution in [0.4, 0.5) is 5.82 Å². The molecule has 0 radical (unpaired) electrons. The number of methoxy groups -OCH3 is 2. The van der Waals surface area contributed by atoms with E-state index < -0.39 is 0 Å². The minimum Gasteiger partial charge on any atom is -0.493 e. The number of nitrogens with one attached hydrogen (secondary N) is 1. The van der Waals surface area contributed by atoms with Crippen LogP contribution in [0.2, 0.25) is 0 Å². The maximum atomic E-state index is 12.4. The van der Waals surface area contributed by atoms with Crippen LogP contribution in [-0.4, -0.2) is 42.7 Å². The first-order valence-electron chi connectivity index (χ1n) is 10.2. The number of nitrogens with zero attached hydrogens (tertiary/aromatic N) is 3. The molecule has 1 saturated carbocycles. The van der Waals surface area contributed by atoms with E-state index in [-0.39, 0.29) is 5.91 Å². The summed E-state index contributed by atoms with van der Waals surface area (Å²) in [6.45, 7) is 1.56. The zero-order valence-electron chi connectivity index (χ0n) is 17.1. The highest BCUT2D eigenvalue weighted by atomic mass is 16.5. The maximum Gasteiger partial charge on any atom is 0.251 e. The third kappa shape index (κ3) is 3.40. The van der Waals surface area contributed by atoms with Gasteiger partial charge in [-0.05, 0) is 48.6 Å². The standard InChI is InChI=1S/C23H24N4O3/c1-29-20-10-18-19(11-21(20)30-2)24-13-25-22(18)27-8-7-14-9-15(3-4-16(14)12-27)23(28)26-17-5-6-17/h3-4,9-11,13,17H,5-8,12H2,1-2H3,(H,26,28). The van der Waals surface area contributed by atoms with E-state index >= 15 is 0 Å². The van der Waals surface area contributed by atoms with Gasteiger partial charge in [-0.15, -0.1) is 0 Å². The summed E-state index contributed by atoms with van der Waals surface area (Å²) in [6, 6.07) is 10.2. The number of hydrogen-bond donors (Lipinski definition) is 1. The molecule has 7 nitrogen and oxygen atoms in total. The number of aromatic nitrogens is 2. The second-order valence-electron chi connectivity index (χ2n) is 7.82. The molecule has 1 aromatic heterocycles. The number of anilines is 1. The molecule has 2 aromatic carbocycles. The van der Waals surface area contributed by atoms with Gasteiger partial charge < -0.3 is 19.7 Å². The van der Waals surface area contributed by atoms with Crippen molar-refractivity contribution in [2.24, 2.45) is 0 Å². The van der Waals surface area contributed by atoms with Crippen molar-refractivity contribution in [2.45, 2.75) is 31.8 Å². The minimum absolute atomic E-state index is 0.0329. The highest BCUT2D eigenvalue weighted by molar-refractivity contribution is 5.95. The van der Waals surface area contributed by atoms with E-state index in [0.29, 0.717) is 17.5 Å². The van der Waals surface area contributed by atoms with Gasteiger partial charge in [-0.2, -0.15) is 0 Å². The van der Waals surface area contributed by atoms with Crippen LogP contribution in [0.25, 0.3) is 10.9 Å². The Bertz CT molecular complexity index is 1130. The Kier molecular flexibility index (Phi) is 4.65. The number of carbonyl (C=O) groups excluding carboxylic acids is 1. The molecule has 0 bridgehead atoms. The highest BCUT2D eigenvalue weighted by Gasteiger charge is 2.25. The van der Waals surface area contributed by atoms with Gasteiger partial charge in [0.05, 0.1) is 19.7 Å². The summed E-state index contributed by atoms with van der Waals surface area (Å²) < 4.78 is 10.9. The zero-order chi connectivity index (χ0) is 20.7. The fourth-order valence-electron chi connectivity index (χ4n) is 3.99. The normalized spacial score (nSPS) is 15.6. The molecule has 0 saturated heterocycles. The molecular weight excluding hydrogens is 380 g/mol. The van der Waals surface area contributed by atoms with Crippen LogP contribution in [0.3, 0.4) is 0 Å². The average molecular weight is 404 g/mol. The van der Waals surface area contributed by atoms with Crippen LogP contribution >= 0.6 is 0 Å². The number of hydrogen-bond acceptors (Lipinski definition) is 6.